The number of fused-ring (bicyclic) bond motifs is 1. The first kappa shape index (κ1) is 14.0. The average molecular weight is 312 g/mol. The molecular formula is C19H12N4O. The Kier molecular flexibility index (Phi) is 3.22. The number of nitrogens with zero attached hydrogens (tertiary/aromatic N) is 3. The summed E-state index contributed by atoms with van der Waals surface area (Å²) in [4.78, 5) is 14.3. The Balaban J connectivity index is 2.07. The first-order valence-corrected chi connectivity index (χ1v) is 7.44. The number of pyridine rings is 2. The fraction of sp³-hybridized carbons (Fsp3) is 0. The Morgan fingerprint density at radius 1 is 1.04 bits per heavy atom. The van der Waals surface area contributed by atoms with Crippen LogP contribution >= 0.6 is 0 Å². The van der Waals surface area contributed by atoms with Crippen LogP contribution in [0.15, 0.2) is 71.8 Å². The molecule has 1 N–H and O–H groups in total. The summed E-state index contributed by atoms with van der Waals surface area (Å²) in [7, 11) is 0. The molecule has 0 aliphatic carbocycles. The van der Waals surface area contributed by atoms with E-state index in [4.69, 9.17) is 5.26 Å². The molecule has 3 aromatic heterocycles. The van der Waals surface area contributed by atoms with Crippen LogP contribution in [0, 0.1) is 11.3 Å². The maximum absolute atomic E-state index is 11.7. The number of aromatic nitrogens is 3. The van der Waals surface area contributed by atoms with E-state index in [2.05, 4.69) is 10.1 Å². The quantitative estimate of drug-likeness (QED) is 0.617. The molecule has 0 aliphatic rings. The van der Waals surface area contributed by atoms with E-state index in [1.54, 1.807) is 16.8 Å². The van der Waals surface area contributed by atoms with E-state index in [0.29, 0.717) is 0 Å². The monoisotopic (exact) mass is 312 g/mol. The number of hydrogen-bond donors (Lipinski definition) is 1. The summed E-state index contributed by atoms with van der Waals surface area (Å²) in [6, 6.07) is 19.2. The van der Waals surface area contributed by atoms with E-state index >= 15 is 0 Å². The molecule has 0 fully saturated rings. The van der Waals surface area contributed by atoms with Crippen LogP contribution in [0.3, 0.4) is 0 Å². The third-order valence-electron chi connectivity index (χ3n) is 3.90. The fourth-order valence-corrected chi connectivity index (χ4v) is 2.79. The van der Waals surface area contributed by atoms with Crippen molar-refractivity contribution >= 4 is 5.52 Å². The maximum atomic E-state index is 11.7. The van der Waals surface area contributed by atoms with Crippen LogP contribution in [0.2, 0.25) is 0 Å². The molecule has 5 heteroatoms. The van der Waals surface area contributed by atoms with E-state index in [0.717, 1.165) is 27.9 Å². The van der Waals surface area contributed by atoms with Crippen LogP contribution in [0.25, 0.3) is 27.9 Å². The molecule has 4 aromatic rings. The second kappa shape index (κ2) is 5.52. The van der Waals surface area contributed by atoms with Crippen molar-refractivity contribution in [3.8, 4) is 28.5 Å². The summed E-state index contributed by atoms with van der Waals surface area (Å²) in [6.45, 7) is 0. The zero-order chi connectivity index (χ0) is 16.5. The zero-order valence-electron chi connectivity index (χ0n) is 12.6. The molecule has 24 heavy (non-hydrogen) atoms. The SMILES string of the molecule is N#Cc1cc(-c2c(-c3ccccc3)nn3ccccc23)c[nH]c1=O. The lowest BCUT2D eigenvalue weighted by atomic mass is 10.0. The Labute approximate surface area is 137 Å². The van der Waals surface area contributed by atoms with Crippen LogP contribution in [-0.4, -0.2) is 14.6 Å². The lowest BCUT2D eigenvalue weighted by Gasteiger charge is -2.04. The molecule has 0 bridgehead atoms. The third-order valence-corrected chi connectivity index (χ3v) is 3.90. The Morgan fingerprint density at radius 3 is 2.62 bits per heavy atom. The Hall–Kier alpha value is -3.65. The summed E-state index contributed by atoms with van der Waals surface area (Å²) in [6.07, 6.45) is 3.50. The minimum Gasteiger partial charge on any atom is -0.327 e. The molecule has 0 amide bonds. The highest BCUT2D eigenvalue weighted by atomic mass is 16.1. The van der Waals surface area contributed by atoms with Gasteiger partial charge in [-0.25, -0.2) is 4.52 Å². The highest BCUT2D eigenvalue weighted by Gasteiger charge is 2.17. The lowest BCUT2D eigenvalue weighted by Crippen LogP contribution is -2.08. The second-order valence-corrected chi connectivity index (χ2v) is 5.36. The predicted octanol–water partition coefficient (Wildman–Crippen LogP) is 3.23. The minimum atomic E-state index is -0.390. The number of rotatable bonds is 2. The van der Waals surface area contributed by atoms with Gasteiger partial charge in [0.05, 0.1) is 5.52 Å². The van der Waals surface area contributed by atoms with Gasteiger partial charge in [0, 0.05) is 29.1 Å². The molecule has 0 unspecified atom stereocenters. The first-order valence-electron chi connectivity index (χ1n) is 7.44. The van der Waals surface area contributed by atoms with Gasteiger partial charge in [0.25, 0.3) is 5.56 Å². The van der Waals surface area contributed by atoms with Crippen LogP contribution in [0.1, 0.15) is 5.56 Å². The number of benzene rings is 1. The molecule has 0 saturated heterocycles. The van der Waals surface area contributed by atoms with Crippen molar-refractivity contribution in [1.29, 1.82) is 5.26 Å². The van der Waals surface area contributed by atoms with Crippen molar-refractivity contribution in [1.82, 2.24) is 14.6 Å². The zero-order valence-corrected chi connectivity index (χ0v) is 12.6. The van der Waals surface area contributed by atoms with Crippen LogP contribution < -0.4 is 5.56 Å². The topological polar surface area (TPSA) is 74.0 Å². The smallest absolute Gasteiger partial charge is 0.265 e. The Morgan fingerprint density at radius 2 is 1.83 bits per heavy atom. The number of nitriles is 1. The van der Waals surface area contributed by atoms with Gasteiger partial charge in [-0.05, 0) is 18.2 Å². The average Bonchev–Trinajstić information content (AvgIpc) is 3.02. The molecule has 5 nitrogen and oxygen atoms in total. The lowest BCUT2D eigenvalue weighted by molar-refractivity contribution is 0.966. The van der Waals surface area contributed by atoms with Crippen molar-refractivity contribution in [2.75, 3.05) is 0 Å². The van der Waals surface area contributed by atoms with Crippen molar-refractivity contribution in [2.45, 2.75) is 0 Å². The molecule has 0 spiro atoms. The molecule has 0 radical (unpaired) electrons. The third kappa shape index (κ3) is 2.18. The van der Waals surface area contributed by atoms with Gasteiger partial charge >= 0.3 is 0 Å². The second-order valence-electron chi connectivity index (χ2n) is 5.36. The number of H-pyrrole nitrogens is 1. The first-order chi connectivity index (χ1) is 11.8. The van der Waals surface area contributed by atoms with E-state index in [-0.39, 0.29) is 11.1 Å². The number of aromatic amines is 1. The summed E-state index contributed by atoms with van der Waals surface area (Å²) in [5.41, 5.74) is 4.02. The summed E-state index contributed by atoms with van der Waals surface area (Å²) >= 11 is 0. The van der Waals surface area contributed by atoms with Crippen molar-refractivity contribution in [2.24, 2.45) is 0 Å². The van der Waals surface area contributed by atoms with Gasteiger partial charge in [0.2, 0.25) is 0 Å². The summed E-state index contributed by atoms with van der Waals surface area (Å²) in [5, 5.41) is 13.8. The standard InChI is InChI=1S/C19H12N4O/c20-11-14-10-15(12-21-19(14)24)17-16-8-4-5-9-23(16)22-18(17)13-6-2-1-3-7-13/h1-10,12H,(H,21,24). The van der Waals surface area contributed by atoms with Gasteiger partial charge < -0.3 is 4.98 Å². The maximum Gasteiger partial charge on any atom is 0.265 e. The van der Waals surface area contributed by atoms with Gasteiger partial charge in [-0.3, -0.25) is 4.79 Å². The van der Waals surface area contributed by atoms with Gasteiger partial charge in [-0.15, -0.1) is 0 Å². The van der Waals surface area contributed by atoms with Crippen LogP contribution in [0.5, 0.6) is 0 Å². The van der Waals surface area contributed by atoms with Gasteiger partial charge in [-0.1, -0.05) is 36.4 Å². The summed E-state index contributed by atoms with van der Waals surface area (Å²) in [5.74, 6) is 0. The molecule has 0 aliphatic heterocycles. The molecule has 0 saturated carbocycles. The molecule has 4 rings (SSSR count). The van der Waals surface area contributed by atoms with Crippen molar-refractivity contribution in [3.05, 3.63) is 82.9 Å². The van der Waals surface area contributed by atoms with Crippen LogP contribution in [0.4, 0.5) is 0 Å². The van der Waals surface area contributed by atoms with E-state index < -0.39 is 0 Å². The Bertz CT molecular complexity index is 1130. The summed E-state index contributed by atoms with van der Waals surface area (Å²) < 4.78 is 1.80. The van der Waals surface area contributed by atoms with E-state index in [1.807, 2.05) is 60.8 Å². The predicted molar refractivity (Wildman–Crippen MR) is 91.4 cm³/mol. The minimum absolute atomic E-state index is 0.0850. The number of nitrogens with one attached hydrogen (secondary N) is 1. The van der Waals surface area contributed by atoms with Gasteiger partial charge in [-0.2, -0.15) is 10.4 Å². The molecule has 3 heterocycles. The van der Waals surface area contributed by atoms with E-state index in [1.165, 1.54) is 0 Å². The molecular weight excluding hydrogens is 300 g/mol. The largest absolute Gasteiger partial charge is 0.327 e. The normalized spacial score (nSPS) is 10.6. The highest BCUT2D eigenvalue weighted by Crippen LogP contribution is 2.34. The van der Waals surface area contributed by atoms with Gasteiger partial charge in [0.15, 0.2) is 0 Å². The molecule has 114 valence electrons. The number of hydrogen-bond acceptors (Lipinski definition) is 3. The van der Waals surface area contributed by atoms with Crippen molar-refractivity contribution < 1.29 is 0 Å². The van der Waals surface area contributed by atoms with Gasteiger partial charge in [0.1, 0.15) is 17.3 Å². The van der Waals surface area contributed by atoms with Crippen molar-refractivity contribution in [3.63, 3.8) is 0 Å². The fourth-order valence-electron chi connectivity index (χ4n) is 2.79. The van der Waals surface area contributed by atoms with Crippen LogP contribution in [-0.2, 0) is 0 Å². The van der Waals surface area contributed by atoms with E-state index in [9.17, 15) is 4.79 Å². The molecule has 1 aromatic carbocycles. The molecule has 0 atom stereocenters. The highest BCUT2D eigenvalue weighted by molar-refractivity contribution is 5.92.